The van der Waals surface area contributed by atoms with Crippen LogP contribution in [0.15, 0.2) is 45.5 Å². The first-order chi connectivity index (χ1) is 11.3. The van der Waals surface area contributed by atoms with Gasteiger partial charge in [0.05, 0.1) is 22.8 Å². The number of fused-ring (bicyclic) bond motifs is 1. The van der Waals surface area contributed by atoms with E-state index in [1.54, 1.807) is 47.2 Å². The topological polar surface area (TPSA) is 71.5 Å². The molecule has 7 heteroatoms. The van der Waals surface area contributed by atoms with E-state index in [9.17, 15) is 4.79 Å². The van der Waals surface area contributed by atoms with Crippen molar-refractivity contribution >= 4 is 45.7 Å². The number of aromatic amines is 1. The lowest BCUT2D eigenvalue weighted by molar-refractivity contribution is 1.13. The molecule has 0 unspecified atom stereocenters. The first-order valence-corrected chi connectivity index (χ1v) is 8.62. The minimum atomic E-state index is -0.172. The van der Waals surface area contributed by atoms with E-state index in [4.69, 9.17) is 0 Å². The van der Waals surface area contributed by atoms with Crippen molar-refractivity contribution in [2.45, 2.75) is 0 Å². The van der Waals surface area contributed by atoms with Crippen molar-refractivity contribution in [3.63, 3.8) is 0 Å². The molecule has 0 aliphatic carbocycles. The Labute approximate surface area is 139 Å². The van der Waals surface area contributed by atoms with Crippen LogP contribution < -0.4 is 5.56 Å². The summed E-state index contributed by atoms with van der Waals surface area (Å²) in [7, 11) is 0. The minimum Gasteiger partial charge on any atom is -0.306 e. The Morgan fingerprint density at radius 2 is 2.09 bits per heavy atom. The number of nitrogens with zero attached hydrogens (tertiary/aromatic N) is 3. The zero-order valence-corrected chi connectivity index (χ0v) is 13.4. The Morgan fingerprint density at radius 1 is 1.13 bits per heavy atom. The maximum atomic E-state index is 12.0. The van der Waals surface area contributed by atoms with E-state index in [0.717, 1.165) is 16.3 Å². The molecule has 0 aromatic carbocycles. The summed E-state index contributed by atoms with van der Waals surface area (Å²) in [6, 6.07) is 3.70. The molecule has 0 bridgehead atoms. The monoisotopic (exact) mass is 338 g/mol. The van der Waals surface area contributed by atoms with Gasteiger partial charge in [-0.3, -0.25) is 9.78 Å². The smallest absolute Gasteiger partial charge is 0.259 e. The lowest BCUT2D eigenvalue weighted by Gasteiger charge is -1.97. The van der Waals surface area contributed by atoms with Crippen molar-refractivity contribution in [2.75, 3.05) is 0 Å². The van der Waals surface area contributed by atoms with E-state index < -0.39 is 0 Å². The molecule has 0 atom stereocenters. The van der Waals surface area contributed by atoms with Gasteiger partial charge < -0.3 is 4.98 Å². The van der Waals surface area contributed by atoms with Gasteiger partial charge in [-0.2, -0.15) is 11.3 Å². The molecule has 5 nitrogen and oxygen atoms in total. The molecular formula is C16H10N4OS2. The number of rotatable bonds is 3. The predicted molar refractivity (Wildman–Crippen MR) is 94.5 cm³/mol. The standard InChI is InChI=1S/C16H10N4OS2/c21-15-12-3-5-17-7-13(12)19-14(20-15)2-1-11-9-23-16(18-11)10-4-6-22-8-10/h1-9H,(H,19,20,21)/b2-1+. The van der Waals surface area contributed by atoms with E-state index >= 15 is 0 Å². The number of thiazole rings is 1. The van der Waals surface area contributed by atoms with Gasteiger partial charge in [0.2, 0.25) is 0 Å². The van der Waals surface area contributed by atoms with Gasteiger partial charge in [-0.1, -0.05) is 0 Å². The lowest BCUT2D eigenvalue weighted by Crippen LogP contribution is -2.09. The summed E-state index contributed by atoms with van der Waals surface area (Å²) in [5.41, 5.74) is 2.37. The van der Waals surface area contributed by atoms with E-state index in [1.807, 2.05) is 22.9 Å². The average molecular weight is 338 g/mol. The van der Waals surface area contributed by atoms with Crippen molar-refractivity contribution in [3.8, 4) is 10.6 Å². The van der Waals surface area contributed by atoms with Crippen LogP contribution in [-0.2, 0) is 0 Å². The zero-order chi connectivity index (χ0) is 15.6. The average Bonchev–Trinajstić information content (AvgIpc) is 3.24. The highest BCUT2D eigenvalue weighted by Crippen LogP contribution is 2.26. The van der Waals surface area contributed by atoms with Crippen LogP contribution in [0.25, 0.3) is 33.6 Å². The van der Waals surface area contributed by atoms with Crippen molar-refractivity contribution in [1.82, 2.24) is 19.9 Å². The van der Waals surface area contributed by atoms with Gasteiger partial charge in [-0.25, -0.2) is 9.97 Å². The molecule has 23 heavy (non-hydrogen) atoms. The Morgan fingerprint density at radius 3 is 2.96 bits per heavy atom. The summed E-state index contributed by atoms with van der Waals surface area (Å²) in [6.07, 6.45) is 6.75. The molecule has 112 valence electrons. The number of aromatic nitrogens is 4. The Balaban J connectivity index is 1.65. The number of H-pyrrole nitrogens is 1. The molecule has 0 fully saturated rings. The van der Waals surface area contributed by atoms with Crippen molar-refractivity contribution in [1.29, 1.82) is 0 Å². The third-order valence-corrected chi connectivity index (χ3v) is 4.82. The highest BCUT2D eigenvalue weighted by molar-refractivity contribution is 7.14. The maximum Gasteiger partial charge on any atom is 0.259 e. The largest absolute Gasteiger partial charge is 0.306 e. The SMILES string of the molecule is O=c1[nH]c(/C=C/c2csc(-c3ccsc3)n2)nc2cnccc12. The fourth-order valence-electron chi connectivity index (χ4n) is 2.13. The van der Waals surface area contributed by atoms with Gasteiger partial charge in [0.1, 0.15) is 10.8 Å². The van der Waals surface area contributed by atoms with Gasteiger partial charge in [0.15, 0.2) is 0 Å². The Bertz CT molecular complexity index is 1050. The molecule has 4 aromatic heterocycles. The van der Waals surface area contributed by atoms with E-state index in [-0.39, 0.29) is 5.56 Å². The molecular weight excluding hydrogens is 328 g/mol. The van der Waals surface area contributed by atoms with Crippen LogP contribution in [0.5, 0.6) is 0 Å². The number of pyridine rings is 1. The summed E-state index contributed by atoms with van der Waals surface area (Å²) in [5, 5.41) is 7.59. The zero-order valence-electron chi connectivity index (χ0n) is 11.8. The summed E-state index contributed by atoms with van der Waals surface area (Å²) in [6.45, 7) is 0. The van der Waals surface area contributed by atoms with Crippen LogP contribution in [-0.4, -0.2) is 19.9 Å². The highest BCUT2D eigenvalue weighted by atomic mass is 32.1. The first-order valence-electron chi connectivity index (χ1n) is 6.80. The van der Waals surface area contributed by atoms with E-state index in [0.29, 0.717) is 16.7 Å². The van der Waals surface area contributed by atoms with Gasteiger partial charge in [0.25, 0.3) is 5.56 Å². The van der Waals surface area contributed by atoms with E-state index in [2.05, 4.69) is 25.3 Å². The Hall–Kier alpha value is -2.64. The fraction of sp³-hybridized carbons (Fsp3) is 0. The molecule has 0 aliphatic rings. The molecule has 4 aromatic rings. The molecule has 1 N–H and O–H groups in total. The second-order valence-electron chi connectivity index (χ2n) is 4.77. The summed E-state index contributed by atoms with van der Waals surface area (Å²) in [5.74, 6) is 0.487. The van der Waals surface area contributed by atoms with Crippen LogP contribution in [0.1, 0.15) is 11.5 Å². The van der Waals surface area contributed by atoms with Crippen LogP contribution in [0.3, 0.4) is 0 Å². The molecule has 0 aliphatic heterocycles. The minimum absolute atomic E-state index is 0.172. The van der Waals surface area contributed by atoms with Crippen LogP contribution in [0.2, 0.25) is 0 Å². The number of hydrogen-bond acceptors (Lipinski definition) is 6. The highest BCUT2D eigenvalue weighted by Gasteiger charge is 2.04. The van der Waals surface area contributed by atoms with Crippen LogP contribution >= 0.6 is 22.7 Å². The van der Waals surface area contributed by atoms with Gasteiger partial charge in [-0.05, 0) is 29.7 Å². The van der Waals surface area contributed by atoms with E-state index in [1.165, 1.54) is 0 Å². The molecule has 0 saturated heterocycles. The molecule has 0 spiro atoms. The second kappa shape index (κ2) is 5.86. The molecule has 0 saturated carbocycles. The molecule has 4 rings (SSSR count). The fourth-order valence-corrected chi connectivity index (χ4v) is 3.63. The Kier molecular flexibility index (Phi) is 3.57. The molecule has 0 radical (unpaired) electrons. The summed E-state index contributed by atoms with van der Waals surface area (Å²) >= 11 is 3.24. The summed E-state index contributed by atoms with van der Waals surface area (Å²) in [4.78, 5) is 27.7. The quantitative estimate of drug-likeness (QED) is 0.618. The summed E-state index contributed by atoms with van der Waals surface area (Å²) < 4.78 is 0. The van der Waals surface area contributed by atoms with Gasteiger partial charge in [0, 0.05) is 22.5 Å². The van der Waals surface area contributed by atoms with Crippen molar-refractivity contribution in [2.24, 2.45) is 0 Å². The normalized spacial score (nSPS) is 11.5. The van der Waals surface area contributed by atoms with Gasteiger partial charge in [-0.15, -0.1) is 11.3 Å². The van der Waals surface area contributed by atoms with Crippen molar-refractivity contribution in [3.05, 3.63) is 62.5 Å². The number of nitrogens with one attached hydrogen (secondary N) is 1. The van der Waals surface area contributed by atoms with Crippen molar-refractivity contribution < 1.29 is 0 Å². The van der Waals surface area contributed by atoms with Gasteiger partial charge >= 0.3 is 0 Å². The molecule has 4 heterocycles. The lowest BCUT2D eigenvalue weighted by atomic mass is 10.3. The number of hydrogen-bond donors (Lipinski definition) is 1. The number of thiophene rings is 1. The first kappa shape index (κ1) is 14.0. The second-order valence-corrected chi connectivity index (χ2v) is 6.41. The van der Waals surface area contributed by atoms with Crippen LogP contribution in [0.4, 0.5) is 0 Å². The third kappa shape index (κ3) is 2.84. The molecule has 0 amide bonds. The predicted octanol–water partition coefficient (Wildman–Crippen LogP) is 3.67. The maximum absolute atomic E-state index is 12.0. The van der Waals surface area contributed by atoms with Crippen LogP contribution in [0, 0.1) is 0 Å². The third-order valence-electron chi connectivity index (χ3n) is 3.23.